The van der Waals surface area contributed by atoms with Crippen LogP contribution in [0, 0.1) is 17.7 Å². The average Bonchev–Trinajstić information content (AvgIpc) is 3.32. The van der Waals surface area contributed by atoms with Gasteiger partial charge in [-0.25, -0.2) is 21.9 Å². The van der Waals surface area contributed by atoms with Crippen molar-refractivity contribution >= 4 is 33.4 Å². The van der Waals surface area contributed by atoms with Gasteiger partial charge in [-0.15, -0.1) is 0 Å². The Hall–Kier alpha value is -2.40. The first-order valence-electron chi connectivity index (χ1n) is 9.84. The Labute approximate surface area is 174 Å². The second kappa shape index (κ2) is 7.69. The quantitative estimate of drug-likeness (QED) is 0.721. The van der Waals surface area contributed by atoms with Gasteiger partial charge in [-0.3, -0.25) is 9.69 Å². The molecule has 3 atom stereocenters. The highest BCUT2D eigenvalue weighted by Crippen LogP contribution is 2.37. The summed E-state index contributed by atoms with van der Waals surface area (Å²) in [6.07, 6.45) is 0.155. The molecule has 0 radical (unpaired) electrons. The molecule has 11 heteroatoms. The number of cyclic esters (lactones) is 1. The normalized spacial score (nSPS) is 26.8. The van der Waals surface area contributed by atoms with Crippen LogP contribution in [0.2, 0.25) is 0 Å². The molecule has 3 aliphatic rings. The first-order valence-corrected chi connectivity index (χ1v) is 11.7. The van der Waals surface area contributed by atoms with Crippen molar-refractivity contribution < 1.29 is 27.1 Å². The van der Waals surface area contributed by atoms with Gasteiger partial charge in [0.15, 0.2) is 0 Å². The minimum absolute atomic E-state index is 0.182. The number of nitrogens with one attached hydrogen (secondary N) is 1. The maximum atomic E-state index is 14.9. The fourth-order valence-corrected chi connectivity index (χ4v) is 5.36. The van der Waals surface area contributed by atoms with Gasteiger partial charge in [0, 0.05) is 33.1 Å². The number of halogens is 1. The van der Waals surface area contributed by atoms with Crippen LogP contribution in [-0.2, 0) is 19.6 Å². The fourth-order valence-electron chi connectivity index (χ4n) is 4.43. The molecule has 164 valence electrons. The molecule has 3 fully saturated rings. The van der Waals surface area contributed by atoms with Gasteiger partial charge < -0.3 is 15.0 Å². The van der Waals surface area contributed by atoms with Crippen LogP contribution in [-0.4, -0.2) is 76.4 Å². The molecular weight excluding hydrogens is 415 g/mol. The second-order valence-electron chi connectivity index (χ2n) is 8.19. The number of carbonyl (C=O) groups excluding carboxylic acids is 2. The number of rotatable bonds is 5. The molecule has 9 nitrogen and oxygen atoms in total. The van der Waals surface area contributed by atoms with Crippen LogP contribution in [0.1, 0.15) is 6.92 Å². The summed E-state index contributed by atoms with van der Waals surface area (Å²) in [5, 5.41) is 2.60. The van der Waals surface area contributed by atoms with Crippen molar-refractivity contribution in [1.82, 2.24) is 9.62 Å². The number of sulfonamides is 1. The van der Waals surface area contributed by atoms with Gasteiger partial charge >= 0.3 is 6.09 Å². The lowest BCUT2D eigenvalue weighted by Crippen LogP contribution is -2.33. The van der Waals surface area contributed by atoms with Gasteiger partial charge in [0.1, 0.15) is 11.9 Å². The lowest BCUT2D eigenvalue weighted by molar-refractivity contribution is -0.119. The first-order chi connectivity index (χ1) is 14.1. The Bertz CT molecular complexity index is 958. The van der Waals surface area contributed by atoms with Crippen molar-refractivity contribution in [2.45, 2.75) is 13.0 Å². The van der Waals surface area contributed by atoms with E-state index >= 15 is 0 Å². The van der Waals surface area contributed by atoms with E-state index in [1.54, 1.807) is 12.1 Å². The van der Waals surface area contributed by atoms with Crippen molar-refractivity contribution in [2.75, 3.05) is 55.3 Å². The van der Waals surface area contributed by atoms with Crippen LogP contribution in [0.3, 0.4) is 0 Å². The monoisotopic (exact) mass is 440 g/mol. The van der Waals surface area contributed by atoms with E-state index in [9.17, 15) is 22.4 Å². The second-order valence-corrected chi connectivity index (χ2v) is 10.2. The first kappa shape index (κ1) is 20.9. The van der Waals surface area contributed by atoms with Crippen molar-refractivity contribution in [3.63, 3.8) is 0 Å². The van der Waals surface area contributed by atoms with Gasteiger partial charge in [0.2, 0.25) is 15.9 Å². The van der Waals surface area contributed by atoms with Crippen molar-refractivity contribution in [3.05, 3.63) is 24.0 Å². The lowest BCUT2D eigenvalue weighted by Gasteiger charge is -2.23. The summed E-state index contributed by atoms with van der Waals surface area (Å²) < 4.78 is 45.1. The molecule has 3 heterocycles. The molecule has 0 saturated carbocycles. The highest BCUT2D eigenvalue weighted by atomic mass is 32.2. The summed E-state index contributed by atoms with van der Waals surface area (Å²) >= 11 is 0. The van der Waals surface area contributed by atoms with Gasteiger partial charge in [-0.2, -0.15) is 0 Å². The molecule has 0 spiro atoms. The summed E-state index contributed by atoms with van der Waals surface area (Å²) in [6.45, 7) is 3.94. The maximum Gasteiger partial charge on any atom is 0.414 e. The Morgan fingerprint density at radius 1 is 1.20 bits per heavy atom. The molecular formula is C19H25FN4O5S. The number of amides is 2. The van der Waals surface area contributed by atoms with Crippen molar-refractivity contribution in [1.29, 1.82) is 0 Å². The SMILES string of the molecule is CC(=O)NC[C@H]1CN(c2ccc(N3C[C@@H]4CN(S(C)(=O)=O)C[C@@H]4C3)c(F)c2)C(=O)O1. The topological polar surface area (TPSA) is 99.3 Å². The summed E-state index contributed by atoms with van der Waals surface area (Å²) in [7, 11) is -3.20. The van der Waals surface area contributed by atoms with E-state index in [1.807, 2.05) is 4.90 Å². The lowest BCUT2D eigenvalue weighted by atomic mass is 10.0. The van der Waals surface area contributed by atoms with E-state index in [0.29, 0.717) is 37.6 Å². The van der Waals surface area contributed by atoms with Crippen LogP contribution >= 0.6 is 0 Å². The fraction of sp³-hybridized carbons (Fsp3) is 0.579. The van der Waals surface area contributed by atoms with Gasteiger partial charge in [0.25, 0.3) is 0 Å². The number of ether oxygens (including phenoxy) is 1. The molecule has 0 aliphatic carbocycles. The molecule has 0 bridgehead atoms. The van der Waals surface area contributed by atoms with Crippen molar-refractivity contribution in [2.24, 2.45) is 11.8 Å². The van der Waals surface area contributed by atoms with Crippen LogP contribution < -0.4 is 15.1 Å². The maximum absolute atomic E-state index is 14.9. The predicted octanol–water partition coefficient (Wildman–Crippen LogP) is 0.615. The van der Waals surface area contributed by atoms with Gasteiger partial charge in [-0.1, -0.05) is 0 Å². The average molecular weight is 440 g/mol. The largest absolute Gasteiger partial charge is 0.442 e. The summed E-state index contributed by atoms with van der Waals surface area (Å²) in [5.41, 5.74) is 0.843. The molecule has 1 N–H and O–H groups in total. The van der Waals surface area contributed by atoms with Crippen LogP contribution in [0.5, 0.6) is 0 Å². The van der Waals surface area contributed by atoms with E-state index in [4.69, 9.17) is 4.74 Å². The Balaban J connectivity index is 1.41. The number of fused-ring (bicyclic) bond motifs is 1. The van der Waals surface area contributed by atoms with Crippen molar-refractivity contribution in [3.8, 4) is 0 Å². The smallest absolute Gasteiger partial charge is 0.414 e. The zero-order valence-corrected chi connectivity index (χ0v) is 17.7. The predicted molar refractivity (Wildman–Crippen MR) is 108 cm³/mol. The van der Waals surface area contributed by atoms with Crippen LogP contribution in [0.4, 0.5) is 20.6 Å². The molecule has 2 amide bonds. The van der Waals surface area contributed by atoms with E-state index in [-0.39, 0.29) is 30.8 Å². The number of hydrogen-bond acceptors (Lipinski definition) is 6. The highest BCUT2D eigenvalue weighted by Gasteiger charge is 2.43. The third-order valence-corrected chi connectivity index (χ3v) is 7.19. The summed E-state index contributed by atoms with van der Waals surface area (Å²) in [5.74, 6) is -0.288. The number of hydrogen-bond donors (Lipinski definition) is 1. The number of carbonyl (C=O) groups is 2. The van der Waals surface area contributed by atoms with Crippen LogP contribution in [0.15, 0.2) is 18.2 Å². The Morgan fingerprint density at radius 3 is 2.43 bits per heavy atom. The van der Waals surface area contributed by atoms with Crippen LogP contribution in [0.25, 0.3) is 0 Å². The zero-order chi connectivity index (χ0) is 21.6. The van der Waals surface area contributed by atoms with Gasteiger partial charge in [-0.05, 0) is 30.0 Å². The van der Waals surface area contributed by atoms with Gasteiger partial charge in [0.05, 0.1) is 30.7 Å². The van der Waals surface area contributed by atoms with E-state index < -0.39 is 28.0 Å². The highest BCUT2D eigenvalue weighted by molar-refractivity contribution is 7.88. The number of benzene rings is 1. The Kier molecular flexibility index (Phi) is 5.35. The third kappa shape index (κ3) is 4.08. The molecule has 1 aromatic carbocycles. The molecule has 30 heavy (non-hydrogen) atoms. The molecule has 3 saturated heterocycles. The number of nitrogens with zero attached hydrogens (tertiary/aromatic N) is 3. The zero-order valence-electron chi connectivity index (χ0n) is 16.9. The standard InChI is InChI=1S/C19H25FN4O5S/c1-12(25)21-6-16-11-24(19(26)29-16)15-3-4-18(17(20)5-15)22-7-13-9-23(30(2,27)28)10-14(13)8-22/h3-5,13-14,16H,6-11H2,1-2H3,(H,21,25)/t13-,14+,16-/m0/s1. The summed E-state index contributed by atoms with van der Waals surface area (Å²) in [6, 6.07) is 4.64. The van der Waals surface area contributed by atoms with E-state index in [0.717, 1.165) is 0 Å². The molecule has 3 aliphatic heterocycles. The minimum Gasteiger partial charge on any atom is -0.442 e. The minimum atomic E-state index is -3.20. The Morgan fingerprint density at radius 2 is 1.87 bits per heavy atom. The number of anilines is 2. The summed E-state index contributed by atoms with van der Waals surface area (Å²) in [4.78, 5) is 26.4. The third-order valence-electron chi connectivity index (χ3n) is 5.96. The van der Waals surface area contributed by atoms with E-state index in [2.05, 4.69) is 5.32 Å². The molecule has 4 rings (SSSR count). The molecule has 0 unspecified atom stereocenters. The molecule has 0 aromatic heterocycles. The van der Waals surface area contributed by atoms with E-state index in [1.165, 1.54) is 28.5 Å². The molecule has 1 aromatic rings.